The molecule has 1 aromatic carbocycles. The minimum Gasteiger partial charge on any atom is -0.508 e. The zero-order valence-electron chi connectivity index (χ0n) is 8.45. The molecule has 14 heavy (non-hydrogen) atoms. The van der Waals surface area contributed by atoms with Crippen LogP contribution in [0.5, 0.6) is 5.75 Å². The zero-order valence-corrected chi connectivity index (χ0v) is 8.45. The lowest BCUT2D eigenvalue weighted by Crippen LogP contribution is -2.19. The summed E-state index contributed by atoms with van der Waals surface area (Å²) < 4.78 is 0. The Balaban J connectivity index is 2.65. The fourth-order valence-electron chi connectivity index (χ4n) is 1.03. The van der Waals surface area contributed by atoms with Crippen LogP contribution >= 0.6 is 0 Å². The average Bonchev–Trinajstić information content (AvgIpc) is 2.16. The molecular formula is C11H15NO2. The van der Waals surface area contributed by atoms with Crippen molar-refractivity contribution in [3.05, 3.63) is 24.3 Å². The normalized spacial score (nSPS) is 12.1. The Morgan fingerprint density at radius 1 is 1.57 bits per heavy atom. The number of nitrogens with one attached hydrogen (secondary N) is 1. The molecule has 0 unspecified atom stereocenters. The molecule has 1 rings (SSSR count). The number of benzene rings is 1. The highest BCUT2D eigenvalue weighted by molar-refractivity contribution is 5.92. The number of amides is 1. The van der Waals surface area contributed by atoms with Crippen LogP contribution in [0.2, 0.25) is 0 Å². The smallest absolute Gasteiger partial charge is 0.227 e. The number of anilines is 1. The van der Waals surface area contributed by atoms with Crippen molar-refractivity contribution >= 4 is 11.6 Å². The van der Waals surface area contributed by atoms with Gasteiger partial charge in [0.2, 0.25) is 5.91 Å². The summed E-state index contributed by atoms with van der Waals surface area (Å²) >= 11 is 0. The Morgan fingerprint density at radius 2 is 2.29 bits per heavy atom. The van der Waals surface area contributed by atoms with Crippen molar-refractivity contribution in [1.29, 1.82) is 0 Å². The van der Waals surface area contributed by atoms with Gasteiger partial charge in [-0.25, -0.2) is 0 Å². The summed E-state index contributed by atoms with van der Waals surface area (Å²) in [6, 6.07) is 6.54. The molecule has 0 spiro atoms. The predicted molar refractivity (Wildman–Crippen MR) is 56.2 cm³/mol. The average molecular weight is 193 g/mol. The number of rotatable bonds is 3. The van der Waals surface area contributed by atoms with E-state index in [9.17, 15) is 9.90 Å². The summed E-state index contributed by atoms with van der Waals surface area (Å²) in [4.78, 5) is 11.5. The lowest BCUT2D eigenvalue weighted by Gasteiger charge is -2.09. The minimum absolute atomic E-state index is 0.00245. The van der Waals surface area contributed by atoms with Crippen molar-refractivity contribution in [2.24, 2.45) is 5.92 Å². The maximum Gasteiger partial charge on any atom is 0.227 e. The highest BCUT2D eigenvalue weighted by atomic mass is 16.3. The van der Waals surface area contributed by atoms with Gasteiger partial charge >= 0.3 is 0 Å². The third-order valence-corrected chi connectivity index (χ3v) is 2.17. The van der Waals surface area contributed by atoms with Crippen LogP contribution in [0.25, 0.3) is 0 Å². The Hall–Kier alpha value is -1.51. The molecule has 0 saturated heterocycles. The summed E-state index contributed by atoms with van der Waals surface area (Å²) in [6.07, 6.45) is 0.810. The molecule has 3 nitrogen and oxygen atoms in total. The molecule has 0 aliphatic carbocycles. The first-order valence-electron chi connectivity index (χ1n) is 4.73. The number of carbonyl (C=O) groups excluding carboxylic acids is 1. The second kappa shape index (κ2) is 4.65. The first-order chi connectivity index (χ1) is 6.63. The quantitative estimate of drug-likeness (QED) is 0.774. The molecule has 1 atom stereocenters. The van der Waals surface area contributed by atoms with Gasteiger partial charge in [-0.15, -0.1) is 0 Å². The van der Waals surface area contributed by atoms with E-state index in [2.05, 4.69) is 5.32 Å². The number of hydrogen-bond acceptors (Lipinski definition) is 2. The number of phenolic OH excluding ortho intramolecular Hbond substituents is 1. The van der Waals surface area contributed by atoms with E-state index < -0.39 is 0 Å². The molecule has 0 aromatic heterocycles. The van der Waals surface area contributed by atoms with Crippen molar-refractivity contribution in [3.8, 4) is 5.75 Å². The van der Waals surface area contributed by atoms with E-state index in [1.807, 2.05) is 13.8 Å². The third-order valence-electron chi connectivity index (χ3n) is 2.17. The molecule has 1 aromatic rings. The van der Waals surface area contributed by atoms with Gasteiger partial charge in [0, 0.05) is 17.7 Å². The van der Waals surface area contributed by atoms with Crippen molar-refractivity contribution in [1.82, 2.24) is 0 Å². The highest BCUT2D eigenvalue weighted by Gasteiger charge is 2.10. The predicted octanol–water partition coefficient (Wildman–Crippen LogP) is 2.38. The molecule has 0 bridgehead atoms. The molecule has 2 N–H and O–H groups in total. The Bertz CT molecular complexity index is 323. The summed E-state index contributed by atoms with van der Waals surface area (Å²) in [5.74, 6) is 0.141. The molecule has 3 heteroatoms. The van der Waals surface area contributed by atoms with Gasteiger partial charge in [-0.1, -0.05) is 19.9 Å². The van der Waals surface area contributed by atoms with Gasteiger partial charge in [0.05, 0.1) is 0 Å². The lowest BCUT2D eigenvalue weighted by atomic mass is 10.1. The van der Waals surface area contributed by atoms with Crippen molar-refractivity contribution in [2.45, 2.75) is 20.3 Å². The molecule has 0 aliphatic rings. The standard InChI is InChI=1S/C11H15NO2/c1-3-8(2)11(14)12-9-5-4-6-10(13)7-9/h4-8,13H,3H2,1-2H3,(H,12,14)/t8-/m0/s1. The summed E-state index contributed by atoms with van der Waals surface area (Å²) in [5.41, 5.74) is 0.635. The van der Waals surface area contributed by atoms with Gasteiger partial charge in [0.25, 0.3) is 0 Å². The monoisotopic (exact) mass is 193 g/mol. The van der Waals surface area contributed by atoms with Gasteiger partial charge in [-0.2, -0.15) is 0 Å². The summed E-state index contributed by atoms with van der Waals surface area (Å²) in [7, 11) is 0. The lowest BCUT2D eigenvalue weighted by molar-refractivity contribution is -0.119. The molecular weight excluding hydrogens is 178 g/mol. The van der Waals surface area contributed by atoms with Crippen LogP contribution in [0.3, 0.4) is 0 Å². The largest absolute Gasteiger partial charge is 0.508 e. The third kappa shape index (κ3) is 2.76. The molecule has 76 valence electrons. The van der Waals surface area contributed by atoms with Crippen LogP contribution in [0.4, 0.5) is 5.69 Å². The van der Waals surface area contributed by atoms with E-state index in [1.165, 1.54) is 6.07 Å². The first kappa shape index (κ1) is 10.6. The van der Waals surface area contributed by atoms with E-state index in [-0.39, 0.29) is 17.6 Å². The summed E-state index contributed by atoms with van der Waals surface area (Å²) in [6.45, 7) is 3.84. The van der Waals surface area contributed by atoms with Gasteiger partial charge in [-0.05, 0) is 18.6 Å². The number of hydrogen-bond donors (Lipinski definition) is 2. The van der Waals surface area contributed by atoms with E-state index in [0.29, 0.717) is 5.69 Å². The van der Waals surface area contributed by atoms with Crippen molar-refractivity contribution in [2.75, 3.05) is 5.32 Å². The Labute approximate surface area is 83.8 Å². The van der Waals surface area contributed by atoms with Gasteiger partial charge in [-0.3, -0.25) is 4.79 Å². The number of phenols is 1. The number of carbonyl (C=O) groups is 1. The van der Waals surface area contributed by atoms with Crippen molar-refractivity contribution in [3.63, 3.8) is 0 Å². The first-order valence-corrected chi connectivity index (χ1v) is 4.73. The van der Waals surface area contributed by atoms with Gasteiger partial charge < -0.3 is 10.4 Å². The van der Waals surface area contributed by atoms with Crippen LogP contribution in [0.1, 0.15) is 20.3 Å². The van der Waals surface area contributed by atoms with E-state index in [0.717, 1.165) is 6.42 Å². The number of aromatic hydroxyl groups is 1. The topological polar surface area (TPSA) is 49.3 Å². The Morgan fingerprint density at radius 3 is 2.86 bits per heavy atom. The second-order valence-corrected chi connectivity index (χ2v) is 3.35. The Kier molecular flexibility index (Phi) is 3.51. The fourth-order valence-corrected chi connectivity index (χ4v) is 1.03. The van der Waals surface area contributed by atoms with Crippen LogP contribution in [0.15, 0.2) is 24.3 Å². The van der Waals surface area contributed by atoms with Crippen molar-refractivity contribution < 1.29 is 9.90 Å². The van der Waals surface area contributed by atoms with Crippen LogP contribution in [-0.4, -0.2) is 11.0 Å². The molecule has 0 heterocycles. The van der Waals surface area contributed by atoms with E-state index in [1.54, 1.807) is 18.2 Å². The minimum atomic E-state index is -0.0156. The maximum atomic E-state index is 11.5. The fraction of sp³-hybridized carbons (Fsp3) is 0.364. The molecule has 1 amide bonds. The SMILES string of the molecule is CC[C@H](C)C(=O)Nc1cccc(O)c1. The zero-order chi connectivity index (χ0) is 10.6. The van der Waals surface area contributed by atoms with Gasteiger partial charge in [0.15, 0.2) is 0 Å². The summed E-state index contributed by atoms with van der Waals surface area (Å²) in [5, 5.41) is 11.9. The van der Waals surface area contributed by atoms with E-state index >= 15 is 0 Å². The van der Waals surface area contributed by atoms with Gasteiger partial charge in [0.1, 0.15) is 5.75 Å². The highest BCUT2D eigenvalue weighted by Crippen LogP contribution is 2.16. The second-order valence-electron chi connectivity index (χ2n) is 3.35. The molecule has 0 aliphatic heterocycles. The van der Waals surface area contributed by atoms with Crippen LogP contribution in [-0.2, 0) is 4.79 Å². The van der Waals surface area contributed by atoms with E-state index in [4.69, 9.17) is 0 Å². The maximum absolute atomic E-state index is 11.5. The van der Waals surface area contributed by atoms with Crippen LogP contribution in [0, 0.1) is 5.92 Å². The molecule has 0 radical (unpaired) electrons. The van der Waals surface area contributed by atoms with Crippen LogP contribution < -0.4 is 5.32 Å². The molecule has 0 saturated carbocycles. The molecule has 0 fully saturated rings.